The minimum absolute atomic E-state index is 0.185. The van der Waals surface area contributed by atoms with Gasteiger partial charge in [-0.15, -0.1) is 23.1 Å². The molecule has 0 bridgehead atoms. The lowest BCUT2D eigenvalue weighted by atomic mass is 10.0. The van der Waals surface area contributed by atoms with Crippen LogP contribution in [-0.4, -0.2) is 24.2 Å². The first kappa shape index (κ1) is 22.4. The van der Waals surface area contributed by atoms with E-state index < -0.39 is 5.97 Å². The van der Waals surface area contributed by atoms with Gasteiger partial charge in [0.05, 0.1) is 12.4 Å². The maximum atomic E-state index is 12.7. The highest BCUT2D eigenvalue weighted by molar-refractivity contribution is 8.00. The van der Waals surface area contributed by atoms with Crippen molar-refractivity contribution >= 4 is 51.6 Å². The monoisotopic (exact) mass is 459 g/mol. The maximum Gasteiger partial charge on any atom is 0.341 e. The fraction of sp³-hybridized carbons (Fsp3) is 0.217. The molecule has 30 heavy (non-hydrogen) atoms. The van der Waals surface area contributed by atoms with Gasteiger partial charge in [0.1, 0.15) is 10.6 Å². The van der Waals surface area contributed by atoms with Crippen LogP contribution in [0, 0.1) is 0 Å². The molecule has 0 saturated heterocycles. The second-order valence-corrected chi connectivity index (χ2v) is 8.78. The molecule has 0 saturated carbocycles. The third-order valence-corrected chi connectivity index (χ3v) is 6.54. The van der Waals surface area contributed by atoms with Gasteiger partial charge < -0.3 is 10.1 Å². The normalized spacial score (nSPS) is 10.6. The van der Waals surface area contributed by atoms with Crippen LogP contribution >= 0.6 is 34.7 Å². The van der Waals surface area contributed by atoms with Gasteiger partial charge in [-0.3, -0.25) is 4.79 Å². The third kappa shape index (κ3) is 5.65. The summed E-state index contributed by atoms with van der Waals surface area (Å²) in [4.78, 5) is 26.1. The van der Waals surface area contributed by atoms with E-state index in [1.807, 2.05) is 41.8 Å². The van der Waals surface area contributed by atoms with E-state index in [-0.39, 0.29) is 18.3 Å². The number of aryl methyl sites for hydroxylation is 1. The summed E-state index contributed by atoms with van der Waals surface area (Å²) >= 11 is 8.63. The zero-order valence-corrected chi connectivity index (χ0v) is 19.1. The number of carbonyl (C=O) groups is 2. The number of carbonyl (C=O) groups excluding carboxylic acids is 2. The Kier molecular flexibility index (Phi) is 7.96. The molecule has 7 heteroatoms. The summed E-state index contributed by atoms with van der Waals surface area (Å²) in [6, 6.07) is 15.4. The van der Waals surface area contributed by atoms with E-state index in [4.69, 9.17) is 16.3 Å². The highest BCUT2D eigenvalue weighted by atomic mass is 35.5. The molecule has 0 aliphatic carbocycles. The Bertz CT molecular complexity index is 1010. The summed E-state index contributed by atoms with van der Waals surface area (Å²) in [7, 11) is 0. The Morgan fingerprint density at radius 3 is 2.40 bits per heavy atom. The number of halogens is 1. The van der Waals surface area contributed by atoms with E-state index in [0.717, 1.165) is 22.4 Å². The van der Waals surface area contributed by atoms with Crippen LogP contribution in [0.15, 0.2) is 58.8 Å². The molecule has 0 aliphatic rings. The largest absolute Gasteiger partial charge is 0.462 e. The molecule has 0 fully saturated rings. The molecule has 1 N–H and O–H groups in total. The number of esters is 1. The SMILES string of the molecule is CCOC(=O)c1c(-c2ccc(CC)cc2)csc1NC(=O)CSc1ccc(Cl)cc1. The third-order valence-electron chi connectivity index (χ3n) is 4.38. The summed E-state index contributed by atoms with van der Waals surface area (Å²) in [5.74, 6) is -0.397. The average molecular weight is 460 g/mol. The van der Waals surface area contributed by atoms with Gasteiger partial charge >= 0.3 is 5.97 Å². The minimum atomic E-state index is -0.436. The van der Waals surface area contributed by atoms with Crippen molar-refractivity contribution in [3.8, 4) is 11.1 Å². The van der Waals surface area contributed by atoms with Crippen molar-refractivity contribution in [3.05, 3.63) is 70.1 Å². The second-order valence-electron chi connectivity index (χ2n) is 6.42. The molecule has 1 heterocycles. The zero-order valence-electron chi connectivity index (χ0n) is 16.7. The van der Waals surface area contributed by atoms with Crippen molar-refractivity contribution in [3.63, 3.8) is 0 Å². The predicted molar refractivity (Wildman–Crippen MR) is 126 cm³/mol. The number of benzene rings is 2. The molecule has 4 nitrogen and oxygen atoms in total. The average Bonchev–Trinajstić information content (AvgIpc) is 3.17. The zero-order chi connectivity index (χ0) is 21.5. The van der Waals surface area contributed by atoms with Crippen molar-refractivity contribution in [2.24, 2.45) is 0 Å². The molecule has 0 spiro atoms. The van der Waals surface area contributed by atoms with Gasteiger partial charge in [-0.05, 0) is 48.7 Å². The Labute approximate surface area is 189 Å². The number of hydrogen-bond acceptors (Lipinski definition) is 5. The van der Waals surface area contributed by atoms with E-state index in [2.05, 4.69) is 12.2 Å². The smallest absolute Gasteiger partial charge is 0.341 e. The number of amides is 1. The number of nitrogens with one attached hydrogen (secondary N) is 1. The molecular weight excluding hydrogens is 438 g/mol. The van der Waals surface area contributed by atoms with Gasteiger partial charge in [-0.1, -0.05) is 42.8 Å². The van der Waals surface area contributed by atoms with Crippen LogP contribution in [0.2, 0.25) is 5.02 Å². The van der Waals surface area contributed by atoms with Crippen molar-refractivity contribution in [2.45, 2.75) is 25.2 Å². The van der Waals surface area contributed by atoms with Gasteiger partial charge in [-0.25, -0.2) is 4.79 Å². The molecule has 2 aromatic carbocycles. The Morgan fingerprint density at radius 1 is 1.07 bits per heavy atom. The molecule has 3 rings (SSSR count). The summed E-state index contributed by atoms with van der Waals surface area (Å²) in [5, 5.41) is 5.92. The van der Waals surface area contributed by atoms with Crippen molar-refractivity contribution in [2.75, 3.05) is 17.7 Å². The van der Waals surface area contributed by atoms with Crippen LogP contribution in [0.4, 0.5) is 5.00 Å². The van der Waals surface area contributed by atoms with E-state index in [0.29, 0.717) is 15.6 Å². The Balaban J connectivity index is 1.79. The molecule has 1 aromatic heterocycles. The fourth-order valence-electron chi connectivity index (χ4n) is 2.83. The minimum Gasteiger partial charge on any atom is -0.462 e. The van der Waals surface area contributed by atoms with Crippen LogP contribution in [-0.2, 0) is 16.0 Å². The standard InChI is InChI=1S/C23H22ClNO3S2/c1-3-15-5-7-16(8-6-15)19-13-30-22(21(19)23(27)28-4-2)25-20(26)14-29-18-11-9-17(24)10-12-18/h5-13H,3-4,14H2,1-2H3,(H,25,26). The number of thiophene rings is 1. The van der Waals surface area contributed by atoms with Gasteiger partial charge in [0, 0.05) is 20.9 Å². The number of thioether (sulfide) groups is 1. The van der Waals surface area contributed by atoms with Crippen molar-refractivity contribution in [1.82, 2.24) is 0 Å². The lowest BCUT2D eigenvalue weighted by Gasteiger charge is -2.09. The molecule has 0 aliphatic heterocycles. The highest BCUT2D eigenvalue weighted by Gasteiger charge is 2.22. The second kappa shape index (κ2) is 10.7. The highest BCUT2D eigenvalue weighted by Crippen LogP contribution is 2.36. The van der Waals surface area contributed by atoms with Crippen LogP contribution in [0.5, 0.6) is 0 Å². The summed E-state index contributed by atoms with van der Waals surface area (Å²) < 4.78 is 5.25. The van der Waals surface area contributed by atoms with Crippen molar-refractivity contribution < 1.29 is 14.3 Å². The van der Waals surface area contributed by atoms with E-state index in [9.17, 15) is 9.59 Å². The van der Waals surface area contributed by atoms with E-state index >= 15 is 0 Å². The molecule has 1 amide bonds. The fourth-order valence-corrected chi connectivity index (χ4v) is 4.63. The topological polar surface area (TPSA) is 55.4 Å². The van der Waals surface area contributed by atoms with Gasteiger partial charge in [0.15, 0.2) is 0 Å². The lowest BCUT2D eigenvalue weighted by molar-refractivity contribution is -0.113. The summed E-state index contributed by atoms with van der Waals surface area (Å²) in [6.07, 6.45) is 0.946. The van der Waals surface area contributed by atoms with Gasteiger partial charge in [-0.2, -0.15) is 0 Å². The first-order valence-corrected chi connectivity index (χ1v) is 11.8. The number of anilines is 1. The molecule has 0 unspecified atom stereocenters. The first-order chi connectivity index (χ1) is 14.5. The first-order valence-electron chi connectivity index (χ1n) is 9.58. The number of hydrogen-bond donors (Lipinski definition) is 1. The van der Waals surface area contributed by atoms with Gasteiger partial charge in [0.2, 0.25) is 5.91 Å². The number of rotatable bonds is 8. The molecule has 3 aromatic rings. The van der Waals surface area contributed by atoms with Crippen LogP contribution in [0.25, 0.3) is 11.1 Å². The van der Waals surface area contributed by atoms with Crippen molar-refractivity contribution in [1.29, 1.82) is 0 Å². The quantitative estimate of drug-likeness (QED) is 0.307. The van der Waals surface area contributed by atoms with Crippen LogP contribution in [0.1, 0.15) is 29.8 Å². The Morgan fingerprint density at radius 2 is 1.77 bits per heavy atom. The lowest BCUT2D eigenvalue weighted by Crippen LogP contribution is -2.16. The predicted octanol–water partition coefficient (Wildman–Crippen LogP) is 6.54. The van der Waals surface area contributed by atoms with Crippen LogP contribution in [0.3, 0.4) is 0 Å². The van der Waals surface area contributed by atoms with E-state index in [1.54, 1.807) is 19.1 Å². The Hall–Kier alpha value is -2.28. The molecule has 156 valence electrons. The van der Waals surface area contributed by atoms with Crippen LogP contribution < -0.4 is 5.32 Å². The maximum absolute atomic E-state index is 12.7. The summed E-state index contributed by atoms with van der Waals surface area (Å²) in [6.45, 7) is 4.13. The van der Waals surface area contributed by atoms with E-state index in [1.165, 1.54) is 28.7 Å². The number of ether oxygens (including phenoxy) is 1. The summed E-state index contributed by atoms with van der Waals surface area (Å²) in [5.41, 5.74) is 3.31. The van der Waals surface area contributed by atoms with Gasteiger partial charge in [0.25, 0.3) is 0 Å². The molecule has 0 radical (unpaired) electrons. The molecular formula is C23H22ClNO3S2. The molecule has 0 atom stereocenters.